The number of ether oxygens (including phenoxy) is 1. The molecular formula is C50H50F5NOSi. The third-order valence-corrected chi connectivity index (χ3v) is 18.0. The zero-order valence-electron chi connectivity index (χ0n) is 34.1. The maximum Gasteiger partial charge on any atom is 0.200 e. The molecule has 0 bridgehead atoms. The van der Waals surface area contributed by atoms with Gasteiger partial charge in [0.1, 0.15) is 0 Å². The van der Waals surface area contributed by atoms with Gasteiger partial charge in [0, 0.05) is 39.7 Å². The minimum absolute atomic E-state index is 0.0236. The molecule has 0 saturated carbocycles. The zero-order chi connectivity index (χ0) is 41.1. The molecule has 1 aromatic heterocycles. The van der Waals surface area contributed by atoms with Crippen molar-refractivity contribution in [1.82, 2.24) is 4.57 Å². The molecule has 58 heavy (non-hydrogen) atoms. The van der Waals surface area contributed by atoms with E-state index in [-0.39, 0.29) is 16.7 Å². The third kappa shape index (κ3) is 6.86. The average Bonchev–Trinajstić information content (AvgIpc) is 3.84. The molecule has 1 heterocycles. The van der Waals surface area contributed by atoms with E-state index in [1.165, 1.54) is 27.8 Å². The van der Waals surface area contributed by atoms with Crippen LogP contribution in [0.3, 0.4) is 0 Å². The van der Waals surface area contributed by atoms with E-state index in [1.807, 2.05) is 31.2 Å². The van der Waals surface area contributed by atoms with E-state index in [1.54, 1.807) is 4.57 Å². The van der Waals surface area contributed by atoms with Crippen molar-refractivity contribution < 1.29 is 26.7 Å². The molecule has 0 fully saturated rings. The van der Waals surface area contributed by atoms with E-state index < -0.39 is 49.3 Å². The van der Waals surface area contributed by atoms with Crippen molar-refractivity contribution in [2.24, 2.45) is 0 Å². The standard InChI is InChI=1S/C50H50F5NOSi/c1-30-23-24-40-38(27-30)41-47(56(40)29-39-42(51)44(53)46(55)45(54)43(39)52)34-19-12-13-20-35(34)49(41)58(6,26-15-8-7-14-25-57-50(3,4)5)48-31(2)28-37-33(21-16-22-36(37)48)32-17-10-9-11-18-32/h9-13,16-24,27-28,48-49H,7-8,14-15,25-26,29H2,1-6H3. The minimum atomic E-state index is -2.61. The van der Waals surface area contributed by atoms with Crippen LogP contribution < -0.4 is 0 Å². The largest absolute Gasteiger partial charge is 0.376 e. The normalized spacial score (nSPS) is 17.0. The molecule has 0 spiro atoms. The molecule has 0 radical (unpaired) electrons. The summed E-state index contributed by atoms with van der Waals surface area (Å²) in [5, 5.41) is 0.955. The van der Waals surface area contributed by atoms with Gasteiger partial charge >= 0.3 is 0 Å². The van der Waals surface area contributed by atoms with Crippen LogP contribution in [0.15, 0.2) is 96.6 Å². The highest BCUT2D eigenvalue weighted by Gasteiger charge is 2.52. The predicted octanol–water partition coefficient (Wildman–Crippen LogP) is 14.2. The number of allylic oxidation sites excluding steroid dienone is 1. The lowest BCUT2D eigenvalue weighted by atomic mass is 9.97. The number of aryl methyl sites for hydroxylation is 1. The monoisotopic (exact) mass is 803 g/mol. The summed E-state index contributed by atoms with van der Waals surface area (Å²) in [7, 11) is -2.61. The summed E-state index contributed by atoms with van der Waals surface area (Å²) in [5.41, 5.74) is 11.1. The summed E-state index contributed by atoms with van der Waals surface area (Å²) in [6.07, 6.45) is 6.52. The van der Waals surface area contributed by atoms with E-state index in [0.29, 0.717) is 5.52 Å². The number of fused-ring (bicyclic) bond motifs is 6. The Balaban J connectivity index is 1.31. The highest BCUT2D eigenvalue weighted by atomic mass is 28.3. The summed E-state index contributed by atoms with van der Waals surface area (Å²) >= 11 is 0. The summed E-state index contributed by atoms with van der Waals surface area (Å²) in [4.78, 5) is 0. The molecule has 0 amide bonds. The van der Waals surface area contributed by atoms with Crippen molar-refractivity contribution in [3.63, 3.8) is 0 Å². The zero-order valence-corrected chi connectivity index (χ0v) is 35.1. The van der Waals surface area contributed by atoms with Crippen molar-refractivity contribution in [3.8, 4) is 22.4 Å². The number of unbranched alkanes of at least 4 members (excludes halogenated alkanes) is 3. The van der Waals surface area contributed by atoms with Gasteiger partial charge in [-0.15, -0.1) is 0 Å². The van der Waals surface area contributed by atoms with Crippen LogP contribution in [0.1, 0.15) is 97.8 Å². The molecule has 2 nitrogen and oxygen atoms in total. The summed E-state index contributed by atoms with van der Waals surface area (Å²) < 4.78 is 82.5. The van der Waals surface area contributed by atoms with E-state index in [4.69, 9.17) is 4.74 Å². The molecule has 3 atom stereocenters. The Morgan fingerprint density at radius 2 is 1.31 bits per heavy atom. The van der Waals surface area contributed by atoms with Crippen LogP contribution in [-0.4, -0.2) is 24.8 Å². The highest BCUT2D eigenvalue weighted by molar-refractivity contribution is 6.83. The highest BCUT2D eigenvalue weighted by Crippen LogP contribution is 2.60. The minimum Gasteiger partial charge on any atom is -0.376 e. The smallest absolute Gasteiger partial charge is 0.200 e. The van der Waals surface area contributed by atoms with Crippen LogP contribution >= 0.6 is 0 Å². The second-order valence-corrected chi connectivity index (χ2v) is 22.2. The number of hydrogen-bond acceptors (Lipinski definition) is 1. The van der Waals surface area contributed by atoms with Gasteiger partial charge in [0.2, 0.25) is 5.82 Å². The maximum absolute atomic E-state index is 15.5. The van der Waals surface area contributed by atoms with Crippen LogP contribution in [0.25, 0.3) is 39.4 Å². The first kappa shape index (κ1) is 40.0. The van der Waals surface area contributed by atoms with Gasteiger partial charge in [-0.3, -0.25) is 0 Å². The molecule has 300 valence electrons. The second-order valence-electron chi connectivity index (χ2n) is 17.6. The first-order valence-corrected chi connectivity index (χ1v) is 23.3. The molecule has 6 aromatic rings. The Kier molecular flexibility index (Phi) is 10.6. The van der Waals surface area contributed by atoms with Gasteiger partial charge in [-0.05, 0) is 86.6 Å². The quantitative estimate of drug-likeness (QED) is 0.0395. The first-order chi connectivity index (χ1) is 27.7. The third-order valence-electron chi connectivity index (χ3n) is 12.5. The molecule has 8 heteroatoms. The Bertz CT molecular complexity index is 2540. The number of aromatic nitrogens is 1. The van der Waals surface area contributed by atoms with Crippen molar-refractivity contribution in [3.05, 3.63) is 159 Å². The van der Waals surface area contributed by atoms with Gasteiger partial charge < -0.3 is 9.30 Å². The van der Waals surface area contributed by atoms with E-state index >= 15 is 8.78 Å². The predicted molar refractivity (Wildman–Crippen MR) is 228 cm³/mol. The van der Waals surface area contributed by atoms with Gasteiger partial charge in [-0.25, -0.2) is 22.0 Å². The molecule has 0 aliphatic heterocycles. The van der Waals surface area contributed by atoms with Gasteiger partial charge in [0.15, 0.2) is 23.3 Å². The van der Waals surface area contributed by atoms with Crippen LogP contribution in [-0.2, 0) is 11.3 Å². The molecular weight excluding hydrogens is 754 g/mol. The maximum atomic E-state index is 15.5. The van der Waals surface area contributed by atoms with Crippen molar-refractivity contribution >= 4 is 25.1 Å². The molecule has 0 saturated heterocycles. The van der Waals surface area contributed by atoms with Gasteiger partial charge in [-0.2, -0.15) is 0 Å². The fourth-order valence-corrected chi connectivity index (χ4v) is 16.0. The van der Waals surface area contributed by atoms with Gasteiger partial charge in [0.05, 0.1) is 25.9 Å². The number of nitrogens with zero attached hydrogens (tertiary/aromatic N) is 1. The Labute approximate surface area is 339 Å². The Morgan fingerprint density at radius 3 is 2.03 bits per heavy atom. The summed E-state index contributed by atoms with van der Waals surface area (Å²) in [6.45, 7) is 13.3. The summed E-state index contributed by atoms with van der Waals surface area (Å²) in [5.74, 6) is -9.61. The number of benzene rings is 5. The second kappa shape index (κ2) is 15.4. The van der Waals surface area contributed by atoms with Crippen LogP contribution in [0, 0.1) is 36.0 Å². The molecule has 2 aliphatic carbocycles. The van der Waals surface area contributed by atoms with E-state index in [2.05, 4.69) is 107 Å². The molecule has 0 N–H and O–H groups in total. The van der Waals surface area contributed by atoms with Crippen molar-refractivity contribution in [2.45, 2.75) is 96.1 Å². The van der Waals surface area contributed by atoms with E-state index in [9.17, 15) is 13.2 Å². The van der Waals surface area contributed by atoms with Gasteiger partial charge in [-0.1, -0.05) is 128 Å². The fraction of sp³-hybridized carbons (Fsp3) is 0.320. The lowest BCUT2D eigenvalue weighted by Crippen LogP contribution is -2.45. The molecule has 3 unspecified atom stereocenters. The SMILES string of the molecule is CC1=Cc2c(-c3ccccc3)cccc2C1[Si](C)(CCCCCCOC(C)(C)C)C1c2ccccc2-c2c1c1cc(C)ccc1n2Cc1c(F)c(F)c(F)c(F)c1F. The van der Waals surface area contributed by atoms with E-state index in [0.717, 1.165) is 71.7 Å². The average molecular weight is 804 g/mol. The Hall–Kier alpha value is -4.79. The van der Waals surface area contributed by atoms with Crippen molar-refractivity contribution in [1.29, 1.82) is 0 Å². The number of halogens is 5. The molecule has 2 aliphatic rings. The Morgan fingerprint density at radius 1 is 0.672 bits per heavy atom. The van der Waals surface area contributed by atoms with Gasteiger partial charge in [0.25, 0.3) is 0 Å². The van der Waals surface area contributed by atoms with Crippen LogP contribution in [0.2, 0.25) is 12.6 Å². The fourth-order valence-electron chi connectivity index (χ4n) is 10.1. The van der Waals surface area contributed by atoms with Crippen molar-refractivity contribution in [2.75, 3.05) is 6.61 Å². The topological polar surface area (TPSA) is 14.2 Å². The molecule has 5 aromatic carbocycles. The van der Waals surface area contributed by atoms with Crippen LogP contribution in [0.5, 0.6) is 0 Å². The molecule has 8 rings (SSSR count). The lowest BCUT2D eigenvalue weighted by molar-refractivity contribution is -0.00471. The van der Waals surface area contributed by atoms with Crippen LogP contribution in [0.4, 0.5) is 22.0 Å². The lowest BCUT2D eigenvalue weighted by Gasteiger charge is -2.42. The first-order valence-electron chi connectivity index (χ1n) is 20.4. The summed E-state index contributed by atoms with van der Waals surface area (Å²) in [6, 6.07) is 32.5. The number of rotatable bonds is 12. The number of hydrogen-bond donors (Lipinski definition) is 0.